The molecule has 1 unspecified atom stereocenters. The molecule has 0 spiro atoms. The van der Waals surface area contributed by atoms with Crippen LogP contribution in [-0.2, 0) is 16.4 Å². The number of piperazine rings is 1. The van der Waals surface area contributed by atoms with Gasteiger partial charge in [-0.05, 0) is 36.2 Å². The highest BCUT2D eigenvalue weighted by Gasteiger charge is 2.31. The maximum absolute atomic E-state index is 13.9. The molecule has 1 aliphatic rings. The molecule has 4 aromatic rings. The number of nitrogens with zero attached hydrogens (tertiary/aromatic N) is 4. The zero-order valence-corrected chi connectivity index (χ0v) is 21.4. The Balaban J connectivity index is 1.38. The van der Waals surface area contributed by atoms with Crippen molar-refractivity contribution in [2.24, 2.45) is 0 Å². The molecule has 0 radical (unpaired) electrons. The third kappa shape index (κ3) is 5.28. The van der Waals surface area contributed by atoms with E-state index in [1.807, 2.05) is 30.3 Å². The molecule has 1 fully saturated rings. The summed E-state index contributed by atoms with van der Waals surface area (Å²) in [5.74, 6) is 0. The molecule has 1 aliphatic heterocycles. The summed E-state index contributed by atoms with van der Waals surface area (Å²) in [7, 11) is -2.00. The van der Waals surface area contributed by atoms with Crippen molar-refractivity contribution in [3.63, 3.8) is 0 Å². The van der Waals surface area contributed by atoms with Gasteiger partial charge in [0.05, 0.1) is 4.90 Å². The van der Waals surface area contributed by atoms with Crippen molar-refractivity contribution in [2.75, 3.05) is 44.7 Å². The van der Waals surface area contributed by atoms with Crippen LogP contribution in [0.3, 0.4) is 0 Å². The summed E-state index contributed by atoms with van der Waals surface area (Å²) in [5, 5.41) is 1.53. The largest absolute Gasteiger partial charge is 0.369 e. The molecule has 5 rings (SSSR count). The average molecular weight is 501 g/mol. The average Bonchev–Trinajstić information content (AvgIpc) is 2.93. The first kappa shape index (κ1) is 24.4. The van der Waals surface area contributed by atoms with Gasteiger partial charge in [-0.25, -0.2) is 8.42 Å². The number of hydrogen-bond acceptors (Lipinski definition) is 5. The second-order valence-corrected chi connectivity index (χ2v) is 11.3. The Hall–Kier alpha value is -3.26. The third-order valence-corrected chi connectivity index (χ3v) is 9.06. The summed E-state index contributed by atoms with van der Waals surface area (Å²) in [4.78, 5) is 9.28. The van der Waals surface area contributed by atoms with Gasteiger partial charge in [0.25, 0.3) is 0 Å². The Morgan fingerprint density at radius 2 is 1.56 bits per heavy atom. The van der Waals surface area contributed by atoms with Gasteiger partial charge in [0, 0.05) is 74.7 Å². The molecule has 6 nitrogen and oxygen atoms in total. The Morgan fingerprint density at radius 1 is 0.861 bits per heavy atom. The van der Waals surface area contributed by atoms with Crippen LogP contribution in [-0.4, -0.2) is 68.4 Å². The van der Waals surface area contributed by atoms with Crippen molar-refractivity contribution in [3.05, 3.63) is 103 Å². The van der Waals surface area contributed by atoms with Crippen molar-refractivity contribution < 1.29 is 8.42 Å². The van der Waals surface area contributed by atoms with Crippen LogP contribution in [0.25, 0.3) is 10.8 Å². The number of aromatic nitrogens is 1. The Morgan fingerprint density at radius 3 is 2.28 bits per heavy atom. The molecule has 7 heteroatoms. The van der Waals surface area contributed by atoms with Crippen molar-refractivity contribution >= 4 is 26.5 Å². The van der Waals surface area contributed by atoms with Crippen LogP contribution >= 0.6 is 0 Å². The van der Waals surface area contributed by atoms with Crippen LogP contribution in [0.1, 0.15) is 5.56 Å². The van der Waals surface area contributed by atoms with E-state index in [1.54, 1.807) is 41.9 Å². The summed E-state index contributed by atoms with van der Waals surface area (Å²) in [6.07, 6.45) is 4.01. The van der Waals surface area contributed by atoms with Gasteiger partial charge in [-0.2, -0.15) is 4.31 Å². The first-order chi connectivity index (χ1) is 17.5. The maximum atomic E-state index is 13.9. The number of sulfonamides is 1. The minimum atomic E-state index is -3.72. The number of anilines is 1. The Bertz CT molecular complexity index is 1380. The number of benzene rings is 3. The quantitative estimate of drug-likeness (QED) is 0.361. The van der Waals surface area contributed by atoms with Gasteiger partial charge in [0.15, 0.2) is 0 Å². The van der Waals surface area contributed by atoms with Gasteiger partial charge in [-0.3, -0.25) is 9.88 Å². The van der Waals surface area contributed by atoms with E-state index >= 15 is 0 Å². The molecule has 0 bridgehead atoms. The molecule has 1 saturated heterocycles. The van der Waals surface area contributed by atoms with E-state index in [0.29, 0.717) is 23.2 Å². The van der Waals surface area contributed by atoms with Crippen LogP contribution in [0.5, 0.6) is 0 Å². The number of pyridine rings is 1. The van der Waals surface area contributed by atoms with E-state index in [2.05, 4.69) is 51.2 Å². The van der Waals surface area contributed by atoms with Gasteiger partial charge in [-0.15, -0.1) is 0 Å². The standard InChI is InChI=1S/C29H32N4O2S/c1-31(36(34,35)29-14-8-11-25-22-30-16-15-28(25)29)27(21-24-9-4-2-5-10-24)23-32-17-19-33(20-18-32)26-12-6-3-7-13-26/h2-16,22,27H,17-21,23H2,1H3. The van der Waals surface area contributed by atoms with E-state index in [9.17, 15) is 8.42 Å². The predicted octanol–water partition coefficient (Wildman–Crippen LogP) is 4.29. The van der Waals surface area contributed by atoms with Gasteiger partial charge in [0.2, 0.25) is 10.0 Å². The van der Waals surface area contributed by atoms with E-state index in [1.165, 1.54) is 5.69 Å². The SMILES string of the molecule is CN(C(Cc1ccccc1)CN1CCN(c2ccccc2)CC1)S(=O)(=O)c1cccc2cnccc12. The molecule has 0 saturated carbocycles. The zero-order valence-electron chi connectivity index (χ0n) is 20.6. The van der Waals surface area contributed by atoms with E-state index < -0.39 is 10.0 Å². The van der Waals surface area contributed by atoms with Gasteiger partial charge < -0.3 is 4.90 Å². The molecule has 186 valence electrons. The van der Waals surface area contributed by atoms with E-state index in [4.69, 9.17) is 0 Å². The summed E-state index contributed by atoms with van der Waals surface area (Å²) in [5.41, 5.74) is 2.37. The lowest BCUT2D eigenvalue weighted by Gasteiger charge is -2.39. The summed E-state index contributed by atoms with van der Waals surface area (Å²) in [6.45, 7) is 4.32. The summed E-state index contributed by atoms with van der Waals surface area (Å²) in [6, 6.07) is 27.6. The van der Waals surface area contributed by atoms with Gasteiger partial charge in [0.1, 0.15) is 0 Å². The predicted molar refractivity (Wildman–Crippen MR) is 146 cm³/mol. The first-order valence-electron chi connectivity index (χ1n) is 12.4. The zero-order chi connectivity index (χ0) is 25.0. The number of rotatable bonds is 8. The molecule has 3 aromatic carbocycles. The molecule has 0 amide bonds. The molecular weight excluding hydrogens is 468 g/mol. The lowest BCUT2D eigenvalue weighted by molar-refractivity contribution is 0.201. The maximum Gasteiger partial charge on any atom is 0.243 e. The lowest BCUT2D eigenvalue weighted by atomic mass is 10.1. The van der Waals surface area contributed by atoms with Gasteiger partial charge in [-0.1, -0.05) is 60.7 Å². The van der Waals surface area contributed by atoms with E-state index in [-0.39, 0.29) is 6.04 Å². The van der Waals surface area contributed by atoms with E-state index in [0.717, 1.165) is 37.1 Å². The topological polar surface area (TPSA) is 56.8 Å². The fourth-order valence-electron chi connectivity index (χ4n) is 4.99. The molecular formula is C29H32N4O2S. The van der Waals surface area contributed by atoms with Crippen molar-refractivity contribution in [3.8, 4) is 0 Å². The molecule has 2 heterocycles. The lowest BCUT2D eigenvalue weighted by Crippen LogP contribution is -2.52. The first-order valence-corrected chi connectivity index (χ1v) is 13.8. The minimum absolute atomic E-state index is 0.197. The van der Waals surface area contributed by atoms with Crippen molar-refractivity contribution in [1.82, 2.24) is 14.2 Å². The fourth-order valence-corrected chi connectivity index (χ4v) is 6.55. The van der Waals surface area contributed by atoms with Crippen molar-refractivity contribution in [2.45, 2.75) is 17.4 Å². The monoisotopic (exact) mass is 500 g/mol. The second kappa shape index (κ2) is 10.8. The highest BCUT2D eigenvalue weighted by molar-refractivity contribution is 7.89. The number of likely N-dealkylation sites (N-methyl/N-ethyl adjacent to an activating group) is 1. The number of fused-ring (bicyclic) bond motifs is 1. The van der Waals surface area contributed by atoms with Crippen LogP contribution in [0.2, 0.25) is 0 Å². The molecule has 36 heavy (non-hydrogen) atoms. The molecule has 0 aliphatic carbocycles. The second-order valence-electron chi connectivity index (χ2n) is 9.34. The smallest absolute Gasteiger partial charge is 0.243 e. The Kier molecular flexibility index (Phi) is 7.32. The molecule has 1 atom stereocenters. The van der Waals surface area contributed by atoms with Crippen LogP contribution < -0.4 is 4.90 Å². The normalized spacial score (nSPS) is 15.9. The number of para-hydroxylation sites is 1. The highest BCUT2D eigenvalue weighted by atomic mass is 32.2. The minimum Gasteiger partial charge on any atom is -0.369 e. The van der Waals surface area contributed by atoms with Crippen molar-refractivity contribution in [1.29, 1.82) is 0 Å². The van der Waals surface area contributed by atoms with Crippen LogP contribution in [0.15, 0.2) is 102 Å². The number of hydrogen-bond donors (Lipinski definition) is 0. The Labute approximate surface area is 213 Å². The molecule has 1 aromatic heterocycles. The summed E-state index contributed by atoms with van der Waals surface area (Å²) >= 11 is 0. The van der Waals surface area contributed by atoms with Crippen LogP contribution in [0.4, 0.5) is 5.69 Å². The summed E-state index contributed by atoms with van der Waals surface area (Å²) < 4.78 is 29.5. The van der Waals surface area contributed by atoms with Gasteiger partial charge >= 0.3 is 0 Å². The van der Waals surface area contributed by atoms with Crippen LogP contribution in [0, 0.1) is 0 Å². The fraction of sp³-hybridized carbons (Fsp3) is 0.276. The third-order valence-electron chi connectivity index (χ3n) is 7.09. The highest BCUT2D eigenvalue weighted by Crippen LogP contribution is 2.27. The molecule has 0 N–H and O–H groups in total.